The molecule has 2 fully saturated rings. The Balaban J connectivity index is 1.70. The third-order valence-electron chi connectivity index (χ3n) is 6.74. The van der Waals surface area contributed by atoms with E-state index in [1.807, 2.05) is 11.8 Å². The number of nitrogens with one attached hydrogen (secondary N) is 1. The van der Waals surface area contributed by atoms with E-state index in [1.54, 1.807) is 25.1 Å². The van der Waals surface area contributed by atoms with Crippen molar-refractivity contribution in [1.82, 2.24) is 5.32 Å². The summed E-state index contributed by atoms with van der Waals surface area (Å²) in [5.41, 5.74) is -0.432. The summed E-state index contributed by atoms with van der Waals surface area (Å²) in [5, 5.41) is 14.2. The molecule has 3 aliphatic heterocycles. The molecule has 5 rings (SSSR count). The van der Waals surface area contributed by atoms with Gasteiger partial charge >= 0.3 is 6.03 Å². The van der Waals surface area contributed by atoms with Gasteiger partial charge in [-0.05, 0) is 49.7 Å². The second-order valence-electron chi connectivity index (χ2n) is 8.84. The molecule has 0 radical (unpaired) electrons. The number of rotatable bonds is 2. The van der Waals surface area contributed by atoms with E-state index >= 15 is 0 Å². The quantitative estimate of drug-likeness (QED) is 0.395. The molecule has 3 heterocycles. The zero-order chi connectivity index (χ0) is 24.4. The third-order valence-corrected chi connectivity index (χ3v) is 6.99. The number of urea groups is 1. The average molecular weight is 485 g/mol. The summed E-state index contributed by atoms with van der Waals surface area (Å²) in [6.45, 7) is 4.04. The number of amides is 4. The molecule has 0 unspecified atom stereocenters. The number of anilines is 2. The number of carbonyl (C=O) groups is 3. The summed E-state index contributed by atoms with van der Waals surface area (Å²) < 4.78 is 6.04. The van der Waals surface area contributed by atoms with Gasteiger partial charge in [0.1, 0.15) is 0 Å². The molecule has 0 bridgehead atoms. The average Bonchev–Trinajstić information content (AvgIpc) is 2.78. The largest absolute Gasteiger partial charge is 0.372 e. The highest BCUT2D eigenvalue weighted by molar-refractivity contribution is 6.32. The number of hydrogen-bond donors (Lipinski definition) is 1. The number of imide groups is 2. The first-order valence-electron chi connectivity index (χ1n) is 10.8. The summed E-state index contributed by atoms with van der Waals surface area (Å²) in [6, 6.07) is 8.97. The van der Waals surface area contributed by atoms with Gasteiger partial charge in [0, 0.05) is 35.8 Å². The van der Waals surface area contributed by atoms with E-state index in [2.05, 4.69) is 5.32 Å². The Kier molecular flexibility index (Phi) is 5.10. The number of hydrogen-bond acceptors (Lipinski definition) is 7. The number of barbiturate groups is 1. The number of halogens is 1. The highest BCUT2D eigenvalue weighted by atomic mass is 35.5. The van der Waals surface area contributed by atoms with Gasteiger partial charge in [-0.1, -0.05) is 11.6 Å². The summed E-state index contributed by atoms with van der Waals surface area (Å²) in [5.74, 6) is -1.45. The lowest BCUT2D eigenvalue weighted by Crippen LogP contribution is -2.76. The van der Waals surface area contributed by atoms with Gasteiger partial charge in [-0.15, -0.1) is 0 Å². The van der Waals surface area contributed by atoms with E-state index in [0.29, 0.717) is 22.8 Å². The number of carbonyl (C=O) groups excluding carboxylic acids is 3. The van der Waals surface area contributed by atoms with Crippen LogP contribution >= 0.6 is 11.6 Å². The van der Waals surface area contributed by atoms with Crippen LogP contribution in [0.1, 0.15) is 19.4 Å². The topological polar surface area (TPSA) is 122 Å². The van der Waals surface area contributed by atoms with Gasteiger partial charge < -0.3 is 9.64 Å². The van der Waals surface area contributed by atoms with Crippen molar-refractivity contribution in [2.75, 3.05) is 16.3 Å². The van der Waals surface area contributed by atoms with Crippen LogP contribution in [0, 0.1) is 15.5 Å². The molecule has 3 aliphatic rings. The molecule has 1 spiro atoms. The molecule has 176 valence electrons. The predicted molar refractivity (Wildman–Crippen MR) is 123 cm³/mol. The number of morpholine rings is 1. The molecule has 11 heteroatoms. The lowest BCUT2D eigenvalue weighted by molar-refractivity contribution is -0.384. The Morgan fingerprint density at radius 1 is 1.15 bits per heavy atom. The van der Waals surface area contributed by atoms with Crippen LogP contribution in [0.25, 0.3) is 0 Å². The van der Waals surface area contributed by atoms with Crippen LogP contribution in [-0.4, -0.2) is 47.6 Å². The van der Waals surface area contributed by atoms with Crippen LogP contribution in [0.4, 0.5) is 21.9 Å². The smallest absolute Gasteiger partial charge is 0.335 e. The number of benzene rings is 2. The van der Waals surface area contributed by atoms with Gasteiger partial charge in [0.05, 0.1) is 28.9 Å². The first kappa shape index (κ1) is 22.3. The Bertz CT molecular complexity index is 1230. The fourth-order valence-corrected chi connectivity index (χ4v) is 5.58. The molecule has 2 aromatic rings. The second-order valence-corrected chi connectivity index (χ2v) is 9.28. The van der Waals surface area contributed by atoms with Gasteiger partial charge in [-0.3, -0.25) is 25.0 Å². The maximum absolute atomic E-state index is 14.1. The summed E-state index contributed by atoms with van der Waals surface area (Å²) in [6.07, 6.45) is -0.864. The van der Waals surface area contributed by atoms with E-state index in [0.717, 1.165) is 4.90 Å². The Morgan fingerprint density at radius 2 is 1.85 bits per heavy atom. The molecule has 0 aromatic heterocycles. The lowest BCUT2D eigenvalue weighted by atomic mass is 9.66. The van der Waals surface area contributed by atoms with Gasteiger partial charge in [0.2, 0.25) is 5.91 Å². The van der Waals surface area contributed by atoms with Crippen LogP contribution in [0.15, 0.2) is 42.5 Å². The van der Waals surface area contributed by atoms with Crippen LogP contribution in [0.2, 0.25) is 5.02 Å². The normalized spacial score (nSPS) is 28.4. The zero-order valence-corrected chi connectivity index (χ0v) is 19.1. The first-order chi connectivity index (χ1) is 16.1. The van der Waals surface area contributed by atoms with E-state index in [-0.39, 0.29) is 23.9 Å². The Hall–Kier alpha value is -3.50. The third kappa shape index (κ3) is 3.17. The number of fused-ring (bicyclic) bond motifs is 4. The number of ether oxygens (including phenoxy) is 1. The predicted octanol–water partition coefficient (Wildman–Crippen LogP) is 3.06. The number of nitrogens with zero attached hydrogens (tertiary/aromatic N) is 3. The van der Waals surface area contributed by atoms with Crippen molar-refractivity contribution < 1.29 is 24.0 Å². The highest BCUT2D eigenvalue weighted by Crippen LogP contribution is 2.49. The van der Waals surface area contributed by atoms with Gasteiger partial charge in [-0.2, -0.15) is 0 Å². The van der Waals surface area contributed by atoms with Crippen molar-refractivity contribution in [3.05, 3.63) is 63.2 Å². The molecule has 0 saturated carbocycles. The van der Waals surface area contributed by atoms with Crippen molar-refractivity contribution in [3.8, 4) is 0 Å². The minimum atomic E-state index is -1.74. The number of non-ortho nitro benzene ring substituents is 1. The fourth-order valence-electron chi connectivity index (χ4n) is 5.45. The maximum atomic E-state index is 14.1. The van der Waals surface area contributed by atoms with Gasteiger partial charge in [0.25, 0.3) is 11.6 Å². The summed E-state index contributed by atoms with van der Waals surface area (Å²) in [7, 11) is 0. The molecule has 34 heavy (non-hydrogen) atoms. The van der Waals surface area contributed by atoms with Crippen molar-refractivity contribution >= 4 is 46.5 Å². The van der Waals surface area contributed by atoms with Crippen LogP contribution < -0.4 is 15.1 Å². The van der Waals surface area contributed by atoms with E-state index in [4.69, 9.17) is 16.3 Å². The molecule has 10 nitrogen and oxygen atoms in total. The minimum Gasteiger partial charge on any atom is -0.372 e. The molecular weight excluding hydrogens is 464 g/mol. The van der Waals surface area contributed by atoms with Crippen molar-refractivity contribution in [1.29, 1.82) is 0 Å². The van der Waals surface area contributed by atoms with Crippen LogP contribution in [0.3, 0.4) is 0 Å². The first-order valence-corrected chi connectivity index (χ1v) is 11.2. The zero-order valence-electron chi connectivity index (χ0n) is 18.4. The standard InChI is InChI=1S/C23H21ClN4O6/c1-12-11-26-18-8-7-17(28(32)33)9-14(18)10-23(19(26)13(2)34-12)20(29)25-22(31)27(21(23)30)16-5-3-15(24)4-6-16/h3-9,12-13,19H,10-11H2,1-2H3,(H,25,29,31)/t12-,13-,19-,23-/m1/s1. The molecule has 0 aliphatic carbocycles. The molecule has 1 N–H and O–H groups in total. The van der Waals surface area contributed by atoms with E-state index in [1.165, 1.54) is 24.3 Å². The second kappa shape index (κ2) is 7.78. The van der Waals surface area contributed by atoms with Gasteiger partial charge in [-0.25, -0.2) is 9.69 Å². The number of nitro groups is 1. The van der Waals surface area contributed by atoms with E-state index in [9.17, 15) is 24.5 Å². The molecule has 4 amide bonds. The summed E-state index contributed by atoms with van der Waals surface area (Å²) >= 11 is 5.97. The van der Waals surface area contributed by atoms with E-state index < -0.39 is 40.3 Å². The van der Waals surface area contributed by atoms with Crippen LogP contribution in [0.5, 0.6) is 0 Å². The summed E-state index contributed by atoms with van der Waals surface area (Å²) in [4.78, 5) is 54.2. The number of nitro benzene ring substituents is 1. The van der Waals surface area contributed by atoms with Crippen molar-refractivity contribution in [2.45, 2.75) is 38.5 Å². The molecule has 4 atom stereocenters. The maximum Gasteiger partial charge on any atom is 0.335 e. The Labute approximate surface area is 199 Å². The van der Waals surface area contributed by atoms with Crippen LogP contribution in [-0.2, 0) is 20.7 Å². The minimum absolute atomic E-state index is 0.116. The Morgan fingerprint density at radius 3 is 2.53 bits per heavy atom. The molecular formula is C23H21ClN4O6. The van der Waals surface area contributed by atoms with Crippen molar-refractivity contribution in [3.63, 3.8) is 0 Å². The SMILES string of the molecule is C[C@@H]1CN2c3ccc([N+](=O)[O-])cc3C[C@]3(C(=O)NC(=O)N(c4ccc(Cl)cc4)C3=O)[C@H]2[C@@H](C)O1. The molecule has 2 saturated heterocycles. The molecule has 2 aromatic carbocycles. The van der Waals surface area contributed by atoms with Gasteiger partial charge in [0.15, 0.2) is 5.41 Å². The fraction of sp³-hybridized carbons (Fsp3) is 0.348. The van der Waals surface area contributed by atoms with Crippen molar-refractivity contribution in [2.24, 2.45) is 5.41 Å². The lowest BCUT2D eigenvalue weighted by Gasteiger charge is -2.56. The highest BCUT2D eigenvalue weighted by Gasteiger charge is 2.65. The monoisotopic (exact) mass is 484 g/mol.